The molecule has 2 heterocycles. The summed E-state index contributed by atoms with van der Waals surface area (Å²) in [6, 6.07) is 11.1. The smallest absolute Gasteiger partial charge is 0.410 e. The van der Waals surface area contributed by atoms with E-state index in [4.69, 9.17) is 23.7 Å². The molecule has 2 fully saturated rings. The third kappa shape index (κ3) is 18.1. The Balaban J connectivity index is 0.000000335. The monoisotopic (exact) mass is 856 g/mol. The molecule has 0 bridgehead atoms. The molecule has 13 heteroatoms. The van der Waals surface area contributed by atoms with Gasteiger partial charge < -0.3 is 38.6 Å². The number of aromatic hydroxyl groups is 1. The fourth-order valence-electron chi connectivity index (χ4n) is 5.38. The van der Waals surface area contributed by atoms with E-state index in [2.05, 4.69) is 52.3 Å². The van der Waals surface area contributed by atoms with Crippen LogP contribution in [0.5, 0.6) is 23.0 Å². The molecule has 2 aromatic rings. The van der Waals surface area contributed by atoms with Crippen LogP contribution in [0.25, 0.3) is 0 Å². The van der Waals surface area contributed by atoms with Crippen LogP contribution in [-0.4, -0.2) is 125 Å². The van der Waals surface area contributed by atoms with E-state index in [-0.39, 0.29) is 24.0 Å². The van der Waals surface area contributed by atoms with Gasteiger partial charge in [-0.15, -0.1) is 0 Å². The van der Waals surface area contributed by atoms with Crippen LogP contribution in [0.15, 0.2) is 36.4 Å². The van der Waals surface area contributed by atoms with E-state index in [9.17, 15) is 14.7 Å². The number of hydrogen-bond acceptors (Lipinski definition) is 10. The third-order valence-electron chi connectivity index (χ3n) is 7.74. The van der Waals surface area contributed by atoms with Crippen molar-refractivity contribution in [3.05, 3.63) is 47.5 Å². The van der Waals surface area contributed by atoms with Crippen LogP contribution >= 0.6 is 22.6 Å². The van der Waals surface area contributed by atoms with E-state index < -0.39 is 11.2 Å². The molecule has 2 aliphatic rings. The number of carbonyl (C=O) groups is 2. The topological polar surface area (TPSA) is 113 Å². The fourth-order valence-corrected chi connectivity index (χ4v) is 5.38. The molecular weight excluding hydrogens is 791 g/mol. The maximum absolute atomic E-state index is 12.2. The predicted molar refractivity (Wildman–Crippen MR) is 219 cm³/mol. The average Bonchev–Trinajstić information content (AvgIpc) is 3.05. The van der Waals surface area contributed by atoms with Crippen molar-refractivity contribution in [2.24, 2.45) is 0 Å². The summed E-state index contributed by atoms with van der Waals surface area (Å²) in [5.41, 5.74) is 1.22. The molecule has 0 aromatic heterocycles. The second-order valence-corrected chi connectivity index (χ2v) is 18.1. The van der Waals surface area contributed by atoms with Crippen LogP contribution in [0.3, 0.4) is 0 Å². The molecule has 0 aliphatic carbocycles. The Kier molecular flexibility index (Phi) is 18.8. The third-order valence-corrected chi connectivity index (χ3v) is 7.74. The highest BCUT2D eigenvalue weighted by Gasteiger charge is 2.27. The van der Waals surface area contributed by atoms with Crippen LogP contribution < -0.4 is 14.2 Å². The van der Waals surface area contributed by atoms with Gasteiger partial charge in [0.25, 0.3) is 0 Å². The molecule has 300 valence electrons. The minimum atomic E-state index is -0.465. The van der Waals surface area contributed by atoms with Gasteiger partial charge in [-0.05, 0) is 67.5 Å². The number of carbonyl (C=O) groups excluding carboxylic acids is 2. The van der Waals surface area contributed by atoms with E-state index in [1.54, 1.807) is 36.2 Å². The van der Waals surface area contributed by atoms with Gasteiger partial charge in [-0.3, -0.25) is 9.80 Å². The van der Waals surface area contributed by atoms with Crippen molar-refractivity contribution in [1.82, 2.24) is 19.6 Å². The summed E-state index contributed by atoms with van der Waals surface area (Å²) < 4.78 is 28.2. The zero-order chi connectivity index (χ0) is 39.9. The summed E-state index contributed by atoms with van der Waals surface area (Å²) in [7, 11) is 3.27. The number of ether oxygens (including phenoxy) is 5. The summed E-state index contributed by atoms with van der Waals surface area (Å²) in [6.07, 6.45) is -0.351. The molecule has 1 N–H and O–H groups in total. The summed E-state index contributed by atoms with van der Waals surface area (Å²) in [5.74, 6) is 2.52. The zero-order valence-electron chi connectivity index (χ0n) is 34.2. The fraction of sp³-hybridized carbons (Fsp3) is 0.650. The standard InChI is InChI=1S/C20H32N2O4.C17H26N2O4.C3H7I/c1-15(2)25-17-8-7-16(18(13-17)24-6)14-21-9-11-22(12-10-21)19(23)26-20(3,4)5;1-17(2,3)23-16(21)19-9-7-18(8-10-19)12-13-5-6-14(20)11-15(13)22-4;1-3(2)4/h7-8,13,15H,9-12,14H2,1-6H3;5-6,11,20H,7-10,12H2,1-4H3;3H,1-2H3. The maximum atomic E-state index is 12.2. The molecule has 0 spiro atoms. The summed E-state index contributed by atoms with van der Waals surface area (Å²) in [6.45, 7) is 26.9. The number of phenolic OH excluding ortho intramolecular Hbond substituents is 1. The van der Waals surface area contributed by atoms with Gasteiger partial charge in [-0.1, -0.05) is 48.6 Å². The normalized spacial score (nSPS) is 15.5. The number of piperazine rings is 2. The van der Waals surface area contributed by atoms with Gasteiger partial charge in [0, 0.05) is 92.6 Å². The van der Waals surface area contributed by atoms with E-state index in [0.29, 0.717) is 31.9 Å². The number of halogens is 1. The number of phenols is 1. The Morgan fingerprint density at radius 2 is 1.06 bits per heavy atom. The van der Waals surface area contributed by atoms with Gasteiger partial charge in [0.15, 0.2) is 0 Å². The molecule has 4 rings (SSSR count). The van der Waals surface area contributed by atoms with Crippen LogP contribution in [0.1, 0.15) is 80.4 Å². The Labute approximate surface area is 332 Å². The Hall–Kier alpha value is -3.17. The maximum Gasteiger partial charge on any atom is 0.410 e. The second-order valence-electron chi connectivity index (χ2n) is 15.6. The van der Waals surface area contributed by atoms with Crippen LogP contribution in [-0.2, 0) is 22.6 Å². The lowest BCUT2D eigenvalue weighted by Gasteiger charge is -2.35. The number of amides is 2. The van der Waals surface area contributed by atoms with Crippen LogP contribution in [0.2, 0.25) is 0 Å². The Morgan fingerprint density at radius 1 is 0.679 bits per heavy atom. The molecule has 53 heavy (non-hydrogen) atoms. The van der Waals surface area contributed by atoms with Crippen molar-refractivity contribution >= 4 is 34.8 Å². The van der Waals surface area contributed by atoms with Gasteiger partial charge >= 0.3 is 12.2 Å². The minimum absolute atomic E-state index is 0.131. The highest BCUT2D eigenvalue weighted by Crippen LogP contribution is 2.28. The van der Waals surface area contributed by atoms with Gasteiger partial charge in [-0.2, -0.15) is 0 Å². The lowest BCUT2D eigenvalue weighted by atomic mass is 10.1. The number of nitrogens with zero attached hydrogens (tertiary/aromatic N) is 4. The van der Waals surface area contributed by atoms with Crippen molar-refractivity contribution in [1.29, 1.82) is 0 Å². The second kappa shape index (κ2) is 21.7. The van der Waals surface area contributed by atoms with Gasteiger partial charge in [-0.25, -0.2) is 9.59 Å². The van der Waals surface area contributed by atoms with Gasteiger partial charge in [0.05, 0.1) is 20.3 Å². The van der Waals surface area contributed by atoms with Crippen LogP contribution in [0.4, 0.5) is 9.59 Å². The minimum Gasteiger partial charge on any atom is -0.508 e. The molecule has 0 saturated carbocycles. The lowest BCUT2D eigenvalue weighted by Crippen LogP contribution is -2.49. The molecule has 12 nitrogen and oxygen atoms in total. The van der Waals surface area contributed by atoms with Crippen molar-refractivity contribution in [3.8, 4) is 23.0 Å². The first kappa shape index (κ1) is 46.0. The molecule has 2 aliphatic heterocycles. The molecule has 0 radical (unpaired) electrons. The number of methoxy groups -OCH3 is 2. The highest BCUT2D eigenvalue weighted by molar-refractivity contribution is 14.1. The van der Waals surface area contributed by atoms with Crippen molar-refractivity contribution < 1.29 is 38.4 Å². The largest absolute Gasteiger partial charge is 0.508 e. The first-order chi connectivity index (χ1) is 24.7. The summed E-state index contributed by atoms with van der Waals surface area (Å²) in [5, 5.41) is 9.51. The molecule has 2 saturated heterocycles. The molecule has 0 unspecified atom stereocenters. The summed E-state index contributed by atoms with van der Waals surface area (Å²) in [4.78, 5) is 32.3. The highest BCUT2D eigenvalue weighted by atomic mass is 127. The van der Waals surface area contributed by atoms with E-state index >= 15 is 0 Å². The molecule has 2 amide bonds. The van der Waals surface area contributed by atoms with Gasteiger partial charge in [0.2, 0.25) is 0 Å². The summed E-state index contributed by atoms with van der Waals surface area (Å²) >= 11 is 2.34. The van der Waals surface area contributed by atoms with Crippen molar-refractivity contribution in [3.63, 3.8) is 0 Å². The first-order valence-corrected chi connectivity index (χ1v) is 19.7. The number of benzene rings is 2. The molecule has 0 atom stereocenters. The lowest BCUT2D eigenvalue weighted by molar-refractivity contribution is 0.0129. The van der Waals surface area contributed by atoms with Gasteiger partial charge in [0.1, 0.15) is 34.2 Å². The predicted octanol–water partition coefficient (Wildman–Crippen LogP) is 7.82. The number of rotatable bonds is 8. The average molecular weight is 857 g/mol. The number of alkyl halides is 1. The Morgan fingerprint density at radius 3 is 1.42 bits per heavy atom. The zero-order valence-corrected chi connectivity index (χ0v) is 36.3. The van der Waals surface area contributed by atoms with E-state index in [0.717, 1.165) is 65.8 Å². The quantitative estimate of drug-likeness (QED) is 0.208. The molecular formula is C40H65IN4O8. The SMILES string of the molecule is CC(C)I.COc1cc(O)ccc1CN1CCN(C(=O)OC(C)(C)C)CC1.COc1cc(OC(C)C)ccc1CN1CCN(C(=O)OC(C)(C)C)CC1. The van der Waals surface area contributed by atoms with E-state index in [1.807, 2.05) is 73.6 Å². The van der Waals surface area contributed by atoms with Crippen molar-refractivity contribution in [2.75, 3.05) is 66.6 Å². The van der Waals surface area contributed by atoms with Crippen LogP contribution in [0, 0.1) is 0 Å². The first-order valence-electron chi connectivity index (χ1n) is 18.4. The number of hydrogen-bond donors (Lipinski definition) is 1. The molecule has 2 aromatic carbocycles. The van der Waals surface area contributed by atoms with E-state index in [1.165, 1.54) is 0 Å². The Bertz CT molecular complexity index is 1410. The van der Waals surface area contributed by atoms with Crippen molar-refractivity contribution in [2.45, 2.75) is 104 Å².